The summed E-state index contributed by atoms with van der Waals surface area (Å²) in [7, 11) is 0. The van der Waals surface area contributed by atoms with Crippen molar-refractivity contribution in [3.8, 4) is 22.8 Å². The minimum atomic E-state index is -1.04. The van der Waals surface area contributed by atoms with Crippen LogP contribution in [-0.2, 0) is 11.2 Å². The van der Waals surface area contributed by atoms with Gasteiger partial charge in [-0.3, -0.25) is 9.78 Å². The molecular weight excluding hydrogens is 511 g/mol. The van der Waals surface area contributed by atoms with E-state index in [0.29, 0.717) is 28.7 Å². The fourth-order valence-corrected chi connectivity index (χ4v) is 3.97. The molecule has 1 amide bonds. The number of pyridine rings is 1. The van der Waals surface area contributed by atoms with Crippen LogP contribution in [0.4, 0.5) is 4.39 Å². The van der Waals surface area contributed by atoms with E-state index in [1.54, 1.807) is 60.7 Å². The van der Waals surface area contributed by atoms with Gasteiger partial charge in [0.15, 0.2) is 6.10 Å². The van der Waals surface area contributed by atoms with Crippen LogP contribution in [0.25, 0.3) is 11.3 Å². The number of ether oxygens (including phenoxy) is 2. The number of aromatic nitrogens is 1. The molecule has 1 unspecified atom stereocenters. The van der Waals surface area contributed by atoms with Gasteiger partial charge in [-0.05, 0) is 77.7 Å². The largest absolute Gasteiger partial charge is 0.492 e. The lowest BCUT2D eigenvalue weighted by atomic mass is 10.0. The molecule has 40 heavy (non-hydrogen) atoms. The van der Waals surface area contributed by atoms with E-state index in [1.165, 1.54) is 18.3 Å². The fourth-order valence-electron chi connectivity index (χ4n) is 3.97. The van der Waals surface area contributed by atoms with Crippen molar-refractivity contribution in [3.05, 3.63) is 114 Å². The van der Waals surface area contributed by atoms with Gasteiger partial charge in [-0.1, -0.05) is 38.1 Å². The van der Waals surface area contributed by atoms with Gasteiger partial charge >= 0.3 is 5.97 Å². The number of carbonyl (C=O) groups is 2. The Kier molecular flexibility index (Phi) is 9.46. The number of benzene rings is 3. The Labute approximate surface area is 232 Å². The zero-order valence-corrected chi connectivity index (χ0v) is 22.3. The topological polar surface area (TPSA) is 97.8 Å². The molecule has 206 valence electrons. The molecule has 3 aromatic carbocycles. The standard InChI is InChI=1S/C32H31FN2O5/c1-21(2)23-7-14-28(15-8-23)40-30(32(37)38)19-22-3-12-27(13-4-22)39-18-17-34-31(36)25-9-16-29(35-20-25)24-5-10-26(33)11-6-24/h3-16,20-21,30H,17-19H2,1-2H3,(H,34,36)(H,37,38). The second-order valence-electron chi connectivity index (χ2n) is 9.56. The van der Waals surface area contributed by atoms with E-state index in [2.05, 4.69) is 24.1 Å². The van der Waals surface area contributed by atoms with Crippen molar-refractivity contribution in [1.82, 2.24) is 10.3 Å². The van der Waals surface area contributed by atoms with Crippen molar-refractivity contribution in [2.75, 3.05) is 13.2 Å². The average molecular weight is 543 g/mol. The Hall–Kier alpha value is -4.72. The zero-order chi connectivity index (χ0) is 28.5. The molecule has 4 aromatic rings. The van der Waals surface area contributed by atoms with E-state index in [4.69, 9.17) is 9.47 Å². The Balaban J connectivity index is 1.22. The van der Waals surface area contributed by atoms with Gasteiger partial charge in [0.25, 0.3) is 5.91 Å². The first-order valence-electron chi connectivity index (χ1n) is 13.0. The predicted molar refractivity (Wildman–Crippen MR) is 150 cm³/mol. The molecule has 1 heterocycles. The van der Waals surface area contributed by atoms with Crippen molar-refractivity contribution in [1.29, 1.82) is 0 Å². The molecule has 7 nitrogen and oxygen atoms in total. The van der Waals surface area contributed by atoms with Crippen LogP contribution >= 0.6 is 0 Å². The molecule has 0 fully saturated rings. The Morgan fingerprint density at radius 1 is 0.900 bits per heavy atom. The molecule has 2 N–H and O–H groups in total. The molecule has 8 heteroatoms. The highest BCUT2D eigenvalue weighted by Crippen LogP contribution is 2.21. The lowest BCUT2D eigenvalue weighted by Gasteiger charge is -2.16. The third-order valence-corrected chi connectivity index (χ3v) is 6.27. The van der Waals surface area contributed by atoms with Gasteiger partial charge in [0, 0.05) is 18.2 Å². The van der Waals surface area contributed by atoms with Crippen LogP contribution < -0.4 is 14.8 Å². The van der Waals surface area contributed by atoms with E-state index in [0.717, 1.165) is 16.7 Å². The zero-order valence-electron chi connectivity index (χ0n) is 22.3. The van der Waals surface area contributed by atoms with Gasteiger partial charge in [0.05, 0.1) is 17.8 Å². The SMILES string of the molecule is CC(C)c1ccc(OC(Cc2ccc(OCCNC(=O)c3ccc(-c4ccc(F)cc4)nc3)cc2)C(=O)O)cc1. The number of halogens is 1. The molecule has 0 bridgehead atoms. The van der Waals surface area contributed by atoms with Gasteiger partial charge in [0.2, 0.25) is 0 Å². The summed E-state index contributed by atoms with van der Waals surface area (Å²) in [5, 5.41) is 12.4. The maximum absolute atomic E-state index is 13.1. The van der Waals surface area contributed by atoms with Crippen LogP contribution in [0.3, 0.4) is 0 Å². The number of carboxylic acids is 1. The minimum Gasteiger partial charge on any atom is -0.492 e. The fraction of sp³-hybridized carbons (Fsp3) is 0.219. The number of hydrogen-bond donors (Lipinski definition) is 2. The summed E-state index contributed by atoms with van der Waals surface area (Å²) in [5.41, 5.74) is 3.76. The molecular formula is C32H31FN2O5. The summed E-state index contributed by atoms with van der Waals surface area (Å²) in [6.45, 7) is 4.72. The number of aliphatic carboxylic acids is 1. The minimum absolute atomic E-state index is 0.200. The third-order valence-electron chi connectivity index (χ3n) is 6.27. The van der Waals surface area contributed by atoms with Crippen molar-refractivity contribution in [2.24, 2.45) is 0 Å². The van der Waals surface area contributed by atoms with Crippen LogP contribution in [-0.4, -0.2) is 41.2 Å². The number of nitrogens with zero attached hydrogens (tertiary/aromatic N) is 1. The highest BCUT2D eigenvalue weighted by Gasteiger charge is 2.20. The van der Waals surface area contributed by atoms with E-state index in [-0.39, 0.29) is 31.3 Å². The van der Waals surface area contributed by atoms with Crippen LogP contribution in [0.15, 0.2) is 91.1 Å². The van der Waals surface area contributed by atoms with Gasteiger partial charge in [-0.2, -0.15) is 0 Å². The number of carbonyl (C=O) groups excluding carboxylic acids is 1. The maximum Gasteiger partial charge on any atom is 0.345 e. The van der Waals surface area contributed by atoms with Crippen LogP contribution in [0.5, 0.6) is 11.5 Å². The molecule has 0 aliphatic heterocycles. The van der Waals surface area contributed by atoms with Crippen molar-refractivity contribution in [3.63, 3.8) is 0 Å². The van der Waals surface area contributed by atoms with E-state index in [1.807, 2.05) is 12.1 Å². The Bertz CT molecular complexity index is 1400. The monoisotopic (exact) mass is 542 g/mol. The summed E-state index contributed by atoms with van der Waals surface area (Å²) in [6.07, 6.45) is 0.652. The lowest BCUT2D eigenvalue weighted by molar-refractivity contribution is -0.145. The van der Waals surface area contributed by atoms with Gasteiger partial charge in [-0.25, -0.2) is 9.18 Å². The summed E-state index contributed by atoms with van der Waals surface area (Å²) in [6, 6.07) is 23.9. The Morgan fingerprint density at radius 2 is 1.57 bits per heavy atom. The average Bonchev–Trinajstić information content (AvgIpc) is 2.96. The van der Waals surface area contributed by atoms with Gasteiger partial charge in [-0.15, -0.1) is 0 Å². The van der Waals surface area contributed by atoms with Crippen molar-refractivity contribution in [2.45, 2.75) is 32.3 Å². The molecule has 0 spiro atoms. The van der Waals surface area contributed by atoms with Crippen LogP contribution in [0, 0.1) is 5.82 Å². The second-order valence-corrected chi connectivity index (χ2v) is 9.56. The third kappa shape index (κ3) is 7.89. The first-order valence-corrected chi connectivity index (χ1v) is 13.0. The quantitative estimate of drug-likeness (QED) is 0.217. The molecule has 1 aromatic heterocycles. The molecule has 0 radical (unpaired) electrons. The highest BCUT2D eigenvalue weighted by atomic mass is 19.1. The first kappa shape index (κ1) is 28.3. The van der Waals surface area contributed by atoms with Crippen LogP contribution in [0.1, 0.15) is 41.3 Å². The van der Waals surface area contributed by atoms with E-state index >= 15 is 0 Å². The van der Waals surface area contributed by atoms with E-state index in [9.17, 15) is 19.1 Å². The first-order chi connectivity index (χ1) is 19.3. The van der Waals surface area contributed by atoms with Gasteiger partial charge < -0.3 is 19.9 Å². The molecule has 1 atom stereocenters. The number of carboxylic acid groups (broad SMARTS) is 1. The predicted octanol–water partition coefficient (Wildman–Crippen LogP) is 5.89. The number of rotatable bonds is 12. The Morgan fingerprint density at radius 3 is 2.17 bits per heavy atom. The highest BCUT2D eigenvalue weighted by molar-refractivity contribution is 5.94. The number of hydrogen-bond acceptors (Lipinski definition) is 5. The normalized spacial score (nSPS) is 11.6. The molecule has 0 aliphatic carbocycles. The molecule has 0 saturated carbocycles. The maximum atomic E-state index is 13.1. The summed E-state index contributed by atoms with van der Waals surface area (Å²) < 4.78 is 24.5. The number of nitrogens with one attached hydrogen (secondary N) is 1. The molecule has 0 aliphatic rings. The smallest absolute Gasteiger partial charge is 0.345 e. The summed E-state index contributed by atoms with van der Waals surface area (Å²) in [4.78, 5) is 28.5. The lowest BCUT2D eigenvalue weighted by Crippen LogP contribution is -2.29. The van der Waals surface area contributed by atoms with E-state index < -0.39 is 12.1 Å². The molecule has 0 saturated heterocycles. The van der Waals surface area contributed by atoms with Crippen LogP contribution in [0.2, 0.25) is 0 Å². The summed E-state index contributed by atoms with van der Waals surface area (Å²) in [5.74, 6) is -0.150. The second kappa shape index (κ2) is 13.4. The number of amides is 1. The van der Waals surface area contributed by atoms with Crippen molar-refractivity contribution < 1.29 is 28.6 Å². The van der Waals surface area contributed by atoms with Gasteiger partial charge in [0.1, 0.15) is 23.9 Å². The summed E-state index contributed by atoms with van der Waals surface area (Å²) >= 11 is 0. The molecule has 4 rings (SSSR count). The van der Waals surface area contributed by atoms with Crippen molar-refractivity contribution >= 4 is 11.9 Å².